The molecule has 1 aliphatic heterocycles. The van der Waals surface area contributed by atoms with Crippen LogP contribution in [0.15, 0.2) is 36.7 Å². The van der Waals surface area contributed by atoms with Crippen molar-refractivity contribution in [3.05, 3.63) is 42.2 Å². The molecular weight excluding hydrogens is 304 g/mol. The number of benzene rings is 1. The Bertz CT molecular complexity index is 687. The molecule has 1 aromatic carbocycles. The second-order valence-corrected chi connectivity index (χ2v) is 6.22. The van der Waals surface area contributed by atoms with E-state index in [4.69, 9.17) is 4.74 Å². The van der Waals surface area contributed by atoms with E-state index in [2.05, 4.69) is 9.88 Å². The zero-order valence-corrected chi connectivity index (χ0v) is 14.5. The van der Waals surface area contributed by atoms with E-state index in [0.29, 0.717) is 13.1 Å². The molecule has 24 heavy (non-hydrogen) atoms. The molecule has 6 heteroatoms. The number of hydrogen-bond donors (Lipinski definition) is 0. The van der Waals surface area contributed by atoms with Gasteiger partial charge in [0.05, 0.1) is 0 Å². The molecule has 6 nitrogen and oxygen atoms in total. The molecule has 3 rings (SSSR count). The Balaban J connectivity index is 1.54. The number of carbonyl (C=O) groups excluding carboxylic acids is 1. The summed E-state index contributed by atoms with van der Waals surface area (Å²) in [5, 5.41) is 0. The van der Waals surface area contributed by atoms with Crippen LogP contribution < -0.4 is 9.64 Å². The van der Waals surface area contributed by atoms with E-state index < -0.39 is 6.10 Å². The fourth-order valence-corrected chi connectivity index (χ4v) is 2.92. The molecular formula is C18H24N4O2. The van der Waals surface area contributed by atoms with Gasteiger partial charge >= 0.3 is 0 Å². The van der Waals surface area contributed by atoms with E-state index >= 15 is 0 Å². The highest BCUT2D eigenvalue weighted by Gasteiger charge is 2.27. The first kappa shape index (κ1) is 16.4. The zero-order valence-electron chi connectivity index (χ0n) is 14.5. The normalized spacial score (nSPS) is 16.1. The Morgan fingerprint density at radius 2 is 1.83 bits per heavy atom. The van der Waals surface area contributed by atoms with Crippen LogP contribution >= 0.6 is 0 Å². The molecule has 0 spiro atoms. The maximum atomic E-state index is 12.6. The van der Waals surface area contributed by atoms with Crippen molar-refractivity contribution < 1.29 is 9.53 Å². The molecule has 2 aromatic rings. The van der Waals surface area contributed by atoms with Crippen LogP contribution in [-0.4, -0.2) is 52.6 Å². The lowest BCUT2D eigenvalue weighted by Crippen LogP contribution is -2.52. The second-order valence-electron chi connectivity index (χ2n) is 6.22. The molecule has 1 fully saturated rings. The molecule has 0 radical (unpaired) electrons. The number of aromatic nitrogens is 2. The number of amides is 1. The molecule has 1 atom stereocenters. The Morgan fingerprint density at radius 1 is 1.17 bits per heavy atom. The number of piperazine rings is 1. The molecule has 0 saturated carbocycles. The first-order chi connectivity index (χ1) is 11.5. The van der Waals surface area contributed by atoms with Crippen LogP contribution in [0.2, 0.25) is 0 Å². The highest BCUT2D eigenvalue weighted by atomic mass is 16.5. The number of carbonyl (C=O) groups is 1. The van der Waals surface area contributed by atoms with Crippen LogP contribution in [0.3, 0.4) is 0 Å². The molecule has 1 aliphatic rings. The van der Waals surface area contributed by atoms with E-state index in [1.807, 2.05) is 60.8 Å². The fourth-order valence-electron chi connectivity index (χ4n) is 2.92. The van der Waals surface area contributed by atoms with Gasteiger partial charge in [0.25, 0.3) is 5.91 Å². The number of nitrogens with zero attached hydrogens (tertiary/aromatic N) is 4. The summed E-state index contributed by atoms with van der Waals surface area (Å²) in [5.74, 6) is 1.72. The summed E-state index contributed by atoms with van der Waals surface area (Å²) in [4.78, 5) is 21.0. The number of hydrogen-bond acceptors (Lipinski definition) is 4. The lowest BCUT2D eigenvalue weighted by molar-refractivity contribution is -0.138. The smallest absolute Gasteiger partial charge is 0.263 e. The van der Waals surface area contributed by atoms with Gasteiger partial charge in [-0.15, -0.1) is 0 Å². The van der Waals surface area contributed by atoms with Crippen molar-refractivity contribution in [3.63, 3.8) is 0 Å². The maximum absolute atomic E-state index is 12.6. The summed E-state index contributed by atoms with van der Waals surface area (Å²) in [6, 6.07) is 7.77. The Kier molecular flexibility index (Phi) is 4.74. The molecule has 1 unspecified atom stereocenters. The van der Waals surface area contributed by atoms with Gasteiger partial charge in [-0.05, 0) is 26.0 Å². The van der Waals surface area contributed by atoms with Gasteiger partial charge in [-0.2, -0.15) is 0 Å². The van der Waals surface area contributed by atoms with Gasteiger partial charge in [0, 0.05) is 45.6 Å². The number of imidazole rings is 1. The van der Waals surface area contributed by atoms with Crippen LogP contribution in [0.1, 0.15) is 12.5 Å². The summed E-state index contributed by atoms with van der Waals surface area (Å²) in [5.41, 5.74) is 1.17. The molecule has 0 aliphatic carbocycles. The second kappa shape index (κ2) is 6.95. The third-order valence-corrected chi connectivity index (χ3v) is 4.35. The van der Waals surface area contributed by atoms with Crippen molar-refractivity contribution in [1.29, 1.82) is 0 Å². The van der Waals surface area contributed by atoms with Crippen LogP contribution in [0, 0.1) is 6.92 Å². The molecule has 1 amide bonds. The van der Waals surface area contributed by atoms with Crippen LogP contribution in [-0.2, 0) is 11.8 Å². The van der Waals surface area contributed by atoms with Gasteiger partial charge < -0.3 is 19.1 Å². The third-order valence-electron chi connectivity index (χ3n) is 4.35. The zero-order chi connectivity index (χ0) is 17.1. The monoisotopic (exact) mass is 328 g/mol. The Morgan fingerprint density at radius 3 is 2.42 bits per heavy atom. The fraction of sp³-hybridized carbons (Fsp3) is 0.444. The lowest BCUT2D eigenvalue weighted by Gasteiger charge is -2.36. The van der Waals surface area contributed by atoms with Gasteiger partial charge in [-0.25, -0.2) is 4.98 Å². The predicted molar refractivity (Wildman–Crippen MR) is 93.3 cm³/mol. The first-order valence-electron chi connectivity index (χ1n) is 8.29. The Hall–Kier alpha value is -2.50. The minimum Gasteiger partial charge on any atom is -0.481 e. The lowest BCUT2D eigenvalue weighted by atomic mass is 10.2. The Labute approximate surface area is 142 Å². The standard InChI is InChI=1S/C18H24N4O2/c1-14-4-6-16(7-5-14)24-15(2)17(23)21-10-12-22(13-11-21)18-19-8-9-20(18)3/h4-9,15H,10-13H2,1-3H3. The van der Waals surface area contributed by atoms with Crippen LogP contribution in [0.5, 0.6) is 5.75 Å². The molecule has 1 saturated heterocycles. The van der Waals surface area contributed by atoms with Gasteiger partial charge in [0.2, 0.25) is 5.95 Å². The van der Waals surface area contributed by atoms with Crippen molar-refractivity contribution in [2.75, 3.05) is 31.1 Å². The summed E-state index contributed by atoms with van der Waals surface area (Å²) in [7, 11) is 1.98. The molecule has 1 aromatic heterocycles. The van der Waals surface area contributed by atoms with E-state index in [9.17, 15) is 4.79 Å². The van der Waals surface area contributed by atoms with E-state index in [1.54, 1.807) is 6.20 Å². The summed E-state index contributed by atoms with van der Waals surface area (Å²) in [6.07, 6.45) is 3.25. The van der Waals surface area contributed by atoms with E-state index in [1.165, 1.54) is 5.56 Å². The van der Waals surface area contributed by atoms with Gasteiger partial charge in [0.15, 0.2) is 6.10 Å². The van der Waals surface area contributed by atoms with E-state index in [0.717, 1.165) is 24.8 Å². The number of rotatable bonds is 4. The summed E-state index contributed by atoms with van der Waals surface area (Å²) < 4.78 is 7.78. The average Bonchev–Trinajstić information content (AvgIpc) is 3.02. The van der Waals surface area contributed by atoms with Crippen LogP contribution in [0.4, 0.5) is 5.95 Å². The third kappa shape index (κ3) is 3.53. The number of aryl methyl sites for hydroxylation is 2. The van der Waals surface area contributed by atoms with Crippen molar-refractivity contribution >= 4 is 11.9 Å². The molecule has 2 heterocycles. The minimum atomic E-state index is -0.479. The highest BCUT2D eigenvalue weighted by Crippen LogP contribution is 2.16. The topological polar surface area (TPSA) is 50.6 Å². The van der Waals surface area contributed by atoms with E-state index in [-0.39, 0.29) is 5.91 Å². The predicted octanol–water partition coefficient (Wildman–Crippen LogP) is 1.84. The SMILES string of the molecule is Cc1ccc(OC(C)C(=O)N2CCN(c3nccn3C)CC2)cc1. The average molecular weight is 328 g/mol. The first-order valence-corrected chi connectivity index (χ1v) is 8.29. The molecule has 0 bridgehead atoms. The van der Waals surface area contributed by atoms with Crippen molar-refractivity contribution in [3.8, 4) is 5.75 Å². The summed E-state index contributed by atoms with van der Waals surface area (Å²) in [6.45, 7) is 6.79. The van der Waals surface area contributed by atoms with Crippen LogP contribution in [0.25, 0.3) is 0 Å². The van der Waals surface area contributed by atoms with Gasteiger partial charge in [-0.1, -0.05) is 17.7 Å². The highest BCUT2D eigenvalue weighted by molar-refractivity contribution is 5.81. The molecule has 128 valence electrons. The maximum Gasteiger partial charge on any atom is 0.263 e. The minimum absolute atomic E-state index is 0.0371. The summed E-state index contributed by atoms with van der Waals surface area (Å²) >= 11 is 0. The number of anilines is 1. The van der Waals surface area contributed by atoms with Gasteiger partial charge in [-0.3, -0.25) is 4.79 Å². The van der Waals surface area contributed by atoms with Crippen molar-refractivity contribution in [2.45, 2.75) is 20.0 Å². The van der Waals surface area contributed by atoms with Crippen molar-refractivity contribution in [1.82, 2.24) is 14.5 Å². The van der Waals surface area contributed by atoms with Crippen molar-refractivity contribution in [2.24, 2.45) is 7.05 Å². The largest absolute Gasteiger partial charge is 0.481 e. The quantitative estimate of drug-likeness (QED) is 0.859. The number of ether oxygens (including phenoxy) is 1. The van der Waals surface area contributed by atoms with Gasteiger partial charge in [0.1, 0.15) is 5.75 Å². The molecule has 0 N–H and O–H groups in total.